The third kappa shape index (κ3) is 0.401. The summed E-state index contributed by atoms with van der Waals surface area (Å²) >= 11 is 0. The second-order valence-electron chi connectivity index (χ2n) is 2.67. The molecule has 8 heavy (non-hydrogen) atoms. The lowest BCUT2D eigenvalue weighted by molar-refractivity contribution is -0.119. The number of fused-ring (bicyclic) bond motifs is 1. The van der Waals surface area contributed by atoms with Crippen LogP contribution in [-0.2, 0) is 9.53 Å². The summed E-state index contributed by atoms with van der Waals surface area (Å²) < 4.78 is 5.03. The molecule has 1 saturated carbocycles. The molecule has 0 amide bonds. The lowest BCUT2D eigenvalue weighted by Crippen LogP contribution is -2.00. The number of hydrogen-bond donors (Lipinski definition) is 0. The molecule has 0 radical (unpaired) electrons. The zero-order valence-corrected chi connectivity index (χ0v) is 4.76. The Morgan fingerprint density at radius 1 is 1.75 bits per heavy atom. The highest BCUT2D eigenvalue weighted by Crippen LogP contribution is 2.42. The highest BCUT2D eigenvalue weighted by molar-refractivity contribution is 6.16. The highest BCUT2D eigenvalue weighted by atomic mass is 16.6. The van der Waals surface area contributed by atoms with E-state index >= 15 is 0 Å². The van der Waals surface area contributed by atoms with Crippen molar-refractivity contribution in [3.8, 4) is 0 Å². The highest BCUT2D eigenvalue weighted by Gasteiger charge is 2.53. The van der Waals surface area contributed by atoms with E-state index in [1.807, 2.05) is 0 Å². The van der Waals surface area contributed by atoms with Crippen LogP contribution in [0.4, 0.5) is 0 Å². The first kappa shape index (κ1) is 4.56. The van der Waals surface area contributed by atoms with Gasteiger partial charge in [0.15, 0.2) is 5.78 Å². The molecule has 2 nitrogen and oxygen atoms in total. The van der Waals surface area contributed by atoms with Gasteiger partial charge in [-0.1, -0.05) is 0 Å². The quantitative estimate of drug-likeness (QED) is 0.300. The van der Waals surface area contributed by atoms with E-state index in [-0.39, 0.29) is 6.10 Å². The molecule has 2 fully saturated rings. The summed E-state index contributed by atoms with van der Waals surface area (Å²) in [5, 5.41) is 0. The SMILES string of the molecule is B[C@@H]1CC(=O)C2OC21. The van der Waals surface area contributed by atoms with Gasteiger partial charge in [0.25, 0.3) is 0 Å². The summed E-state index contributed by atoms with van der Waals surface area (Å²) in [7, 11) is 2.07. The van der Waals surface area contributed by atoms with Crippen LogP contribution < -0.4 is 0 Å². The fraction of sp³-hybridized carbons (Fsp3) is 0.800. The molecule has 1 heterocycles. The van der Waals surface area contributed by atoms with Crippen molar-refractivity contribution in [3.63, 3.8) is 0 Å². The Morgan fingerprint density at radius 2 is 2.50 bits per heavy atom. The van der Waals surface area contributed by atoms with Crippen LogP contribution in [0.2, 0.25) is 5.82 Å². The van der Waals surface area contributed by atoms with E-state index < -0.39 is 0 Å². The number of Topliss-reactive ketones (excluding diaryl/α,β-unsaturated/α-hetero) is 1. The lowest BCUT2D eigenvalue weighted by Gasteiger charge is -1.96. The van der Waals surface area contributed by atoms with Gasteiger partial charge in [-0.15, -0.1) is 0 Å². The normalized spacial score (nSPS) is 51.5. The summed E-state index contributed by atoms with van der Waals surface area (Å²) in [6.07, 6.45) is 1.07. The van der Waals surface area contributed by atoms with Crippen LogP contribution in [0, 0.1) is 0 Å². The minimum atomic E-state index is 0.0185. The number of carbonyl (C=O) groups excluding carboxylic acids is 1. The van der Waals surface area contributed by atoms with Gasteiger partial charge in [-0.05, 0) is 5.82 Å². The smallest absolute Gasteiger partial charge is 0.163 e. The molecule has 0 aromatic heterocycles. The molecule has 3 heteroatoms. The first-order valence-corrected chi connectivity index (χ1v) is 2.97. The van der Waals surface area contributed by atoms with E-state index in [0.717, 1.165) is 6.42 Å². The van der Waals surface area contributed by atoms with E-state index in [2.05, 4.69) is 7.85 Å². The first-order chi connectivity index (χ1) is 3.79. The predicted octanol–water partition coefficient (Wildman–Crippen LogP) is -0.852. The monoisotopic (exact) mass is 110 g/mol. The van der Waals surface area contributed by atoms with Crippen LogP contribution in [-0.4, -0.2) is 25.8 Å². The second-order valence-corrected chi connectivity index (χ2v) is 2.67. The maximum Gasteiger partial charge on any atom is 0.163 e. The molecule has 1 saturated heterocycles. The van der Waals surface area contributed by atoms with Gasteiger partial charge < -0.3 is 4.74 Å². The Labute approximate surface area is 48.6 Å². The summed E-state index contributed by atoms with van der Waals surface area (Å²) in [5.74, 6) is 0.801. The van der Waals surface area contributed by atoms with Crippen LogP contribution in [0.1, 0.15) is 6.42 Å². The zero-order valence-electron chi connectivity index (χ0n) is 4.76. The third-order valence-corrected chi connectivity index (χ3v) is 1.93. The molecule has 3 atom stereocenters. The summed E-state index contributed by atoms with van der Waals surface area (Å²) in [4.78, 5) is 10.7. The third-order valence-electron chi connectivity index (χ3n) is 1.93. The molecule has 42 valence electrons. The Kier molecular flexibility index (Phi) is 0.660. The molecule has 2 rings (SSSR count). The van der Waals surface area contributed by atoms with Gasteiger partial charge in [0, 0.05) is 6.42 Å². The molecule has 0 bridgehead atoms. The van der Waals surface area contributed by atoms with Gasteiger partial charge in [-0.2, -0.15) is 0 Å². The topological polar surface area (TPSA) is 29.6 Å². The van der Waals surface area contributed by atoms with Crippen LogP contribution in [0.5, 0.6) is 0 Å². The summed E-state index contributed by atoms with van der Waals surface area (Å²) in [6, 6.07) is 0. The standard InChI is InChI=1S/C5H7BO2/c6-2-1-3(7)5-4(2)8-5/h2,4-5H,1,6H2/t2-,4?,5?/m1/s1. The van der Waals surface area contributed by atoms with Gasteiger partial charge in [-0.3, -0.25) is 4.79 Å². The number of rotatable bonds is 0. The van der Waals surface area contributed by atoms with Gasteiger partial charge in [-0.25, -0.2) is 0 Å². The minimum Gasteiger partial charge on any atom is -0.362 e. The first-order valence-electron chi connectivity index (χ1n) is 2.97. The number of epoxide rings is 1. The van der Waals surface area contributed by atoms with E-state index in [1.54, 1.807) is 0 Å². The molecule has 0 spiro atoms. The average Bonchev–Trinajstić information content (AvgIpc) is 2.35. The van der Waals surface area contributed by atoms with Crippen molar-refractivity contribution in [2.75, 3.05) is 0 Å². The van der Waals surface area contributed by atoms with Crippen molar-refractivity contribution in [1.29, 1.82) is 0 Å². The summed E-state index contributed by atoms with van der Waals surface area (Å²) in [5.41, 5.74) is 0. The maximum absolute atomic E-state index is 10.7. The molecule has 0 aromatic rings. The van der Waals surface area contributed by atoms with Crippen molar-refractivity contribution in [2.45, 2.75) is 24.4 Å². The molecule has 0 aromatic carbocycles. The van der Waals surface area contributed by atoms with Crippen LogP contribution >= 0.6 is 0 Å². The van der Waals surface area contributed by atoms with E-state index in [0.29, 0.717) is 17.7 Å². The Hall–Kier alpha value is -0.305. The van der Waals surface area contributed by atoms with Crippen molar-refractivity contribution in [1.82, 2.24) is 0 Å². The van der Waals surface area contributed by atoms with Gasteiger partial charge >= 0.3 is 0 Å². The van der Waals surface area contributed by atoms with E-state index in [1.165, 1.54) is 0 Å². The summed E-state index contributed by atoms with van der Waals surface area (Å²) in [6.45, 7) is 0. The molecular weight excluding hydrogens is 103 g/mol. The average molecular weight is 110 g/mol. The van der Waals surface area contributed by atoms with Gasteiger partial charge in [0.2, 0.25) is 0 Å². The molecule has 2 aliphatic rings. The van der Waals surface area contributed by atoms with Gasteiger partial charge in [0.05, 0.1) is 6.10 Å². The zero-order chi connectivity index (χ0) is 5.72. The van der Waals surface area contributed by atoms with Crippen molar-refractivity contribution in [2.24, 2.45) is 0 Å². The van der Waals surface area contributed by atoms with E-state index in [9.17, 15) is 4.79 Å². The predicted molar refractivity (Wildman–Crippen MR) is 30.6 cm³/mol. The van der Waals surface area contributed by atoms with E-state index in [4.69, 9.17) is 4.74 Å². The van der Waals surface area contributed by atoms with Crippen molar-refractivity contribution < 1.29 is 9.53 Å². The molecule has 1 aliphatic carbocycles. The number of hydrogen-bond acceptors (Lipinski definition) is 2. The molecule has 0 N–H and O–H groups in total. The second kappa shape index (κ2) is 1.16. The number of carbonyl (C=O) groups is 1. The lowest BCUT2D eigenvalue weighted by atomic mass is 9.85. The van der Waals surface area contributed by atoms with Crippen LogP contribution in [0.3, 0.4) is 0 Å². The van der Waals surface area contributed by atoms with Crippen molar-refractivity contribution in [3.05, 3.63) is 0 Å². The fourth-order valence-corrected chi connectivity index (χ4v) is 1.37. The number of ketones is 1. The largest absolute Gasteiger partial charge is 0.362 e. The fourth-order valence-electron chi connectivity index (χ4n) is 1.37. The molecular formula is C5H7BO2. The molecule has 2 unspecified atom stereocenters. The van der Waals surface area contributed by atoms with Crippen LogP contribution in [0.15, 0.2) is 0 Å². The van der Waals surface area contributed by atoms with Crippen LogP contribution in [0.25, 0.3) is 0 Å². The Morgan fingerprint density at radius 3 is 2.62 bits per heavy atom. The van der Waals surface area contributed by atoms with Crippen molar-refractivity contribution >= 4 is 13.6 Å². The maximum atomic E-state index is 10.7. The number of ether oxygens (including phenoxy) is 1. The van der Waals surface area contributed by atoms with Gasteiger partial charge in [0.1, 0.15) is 14.0 Å². The Bertz CT molecular complexity index is 145. The molecule has 1 aliphatic heterocycles. The Balaban J connectivity index is 2.19. The minimum absolute atomic E-state index is 0.0185.